The highest BCUT2D eigenvalue weighted by atomic mass is 16.3. The fourth-order valence-electron chi connectivity index (χ4n) is 2.61. The summed E-state index contributed by atoms with van der Waals surface area (Å²) in [5.74, 6) is 0. The number of aliphatic hydroxyl groups is 3. The van der Waals surface area contributed by atoms with E-state index in [1.54, 1.807) is 0 Å². The second kappa shape index (κ2) is 7.31. The minimum Gasteiger partial charge on any atom is -0.396 e. The number of hydrogen-bond donors (Lipinski definition) is 3. The first kappa shape index (κ1) is 14.9. The van der Waals surface area contributed by atoms with Crippen molar-refractivity contribution in [3.8, 4) is 0 Å². The summed E-state index contributed by atoms with van der Waals surface area (Å²) < 4.78 is 0. The van der Waals surface area contributed by atoms with E-state index in [0.29, 0.717) is 19.1 Å². The van der Waals surface area contributed by atoms with Crippen LogP contribution in [0.25, 0.3) is 0 Å². The molecule has 0 aromatic carbocycles. The lowest BCUT2D eigenvalue weighted by Crippen LogP contribution is -2.47. The average molecular weight is 245 g/mol. The van der Waals surface area contributed by atoms with Crippen LogP contribution in [0.3, 0.4) is 0 Å². The van der Waals surface area contributed by atoms with E-state index in [1.165, 1.54) is 32.1 Å². The van der Waals surface area contributed by atoms with Gasteiger partial charge in [0.25, 0.3) is 0 Å². The molecule has 0 aliphatic heterocycles. The van der Waals surface area contributed by atoms with Crippen molar-refractivity contribution in [2.75, 3.05) is 32.9 Å². The molecule has 0 spiro atoms. The van der Waals surface area contributed by atoms with Crippen molar-refractivity contribution in [1.82, 2.24) is 4.90 Å². The molecule has 1 aliphatic carbocycles. The molecule has 0 atom stereocenters. The van der Waals surface area contributed by atoms with Crippen molar-refractivity contribution in [3.63, 3.8) is 0 Å². The Balaban J connectivity index is 2.57. The molecule has 0 saturated heterocycles. The minimum absolute atomic E-state index is 0.0157. The molecule has 0 aromatic rings. The van der Waals surface area contributed by atoms with Crippen LogP contribution in [-0.2, 0) is 0 Å². The Labute approximate surface area is 104 Å². The second-order valence-electron chi connectivity index (χ2n) is 5.61. The highest BCUT2D eigenvalue weighted by molar-refractivity contribution is 4.82. The molecule has 0 bridgehead atoms. The molecule has 0 unspecified atom stereocenters. The van der Waals surface area contributed by atoms with Gasteiger partial charge in [0.15, 0.2) is 0 Å². The molecule has 4 nitrogen and oxygen atoms in total. The third kappa shape index (κ3) is 4.54. The Morgan fingerprint density at radius 1 is 1.06 bits per heavy atom. The van der Waals surface area contributed by atoms with Gasteiger partial charge in [-0.2, -0.15) is 0 Å². The fraction of sp³-hybridized carbons (Fsp3) is 1.00. The van der Waals surface area contributed by atoms with E-state index < -0.39 is 5.41 Å². The van der Waals surface area contributed by atoms with Crippen LogP contribution in [0.1, 0.15) is 39.0 Å². The van der Waals surface area contributed by atoms with Gasteiger partial charge in [-0.25, -0.2) is 0 Å². The Bertz CT molecular complexity index is 201. The van der Waals surface area contributed by atoms with Crippen LogP contribution in [0.4, 0.5) is 0 Å². The summed E-state index contributed by atoms with van der Waals surface area (Å²) in [6.07, 6.45) is 6.16. The van der Waals surface area contributed by atoms with Gasteiger partial charge in [0, 0.05) is 24.5 Å². The first-order valence-electron chi connectivity index (χ1n) is 6.72. The fourth-order valence-corrected chi connectivity index (χ4v) is 2.61. The average Bonchev–Trinajstić information content (AvgIpc) is 2.39. The Morgan fingerprint density at radius 2 is 1.65 bits per heavy atom. The molecular formula is C13H27NO3. The molecule has 0 heterocycles. The van der Waals surface area contributed by atoms with Crippen LogP contribution in [0.2, 0.25) is 0 Å². The first-order chi connectivity index (χ1) is 8.15. The van der Waals surface area contributed by atoms with E-state index in [9.17, 15) is 10.2 Å². The van der Waals surface area contributed by atoms with Crippen molar-refractivity contribution >= 4 is 0 Å². The Morgan fingerprint density at radius 3 is 2.12 bits per heavy atom. The third-order valence-corrected chi connectivity index (χ3v) is 3.83. The number of aliphatic hydroxyl groups excluding tert-OH is 3. The third-order valence-electron chi connectivity index (χ3n) is 3.83. The monoisotopic (exact) mass is 245 g/mol. The summed E-state index contributed by atoms with van der Waals surface area (Å²) in [7, 11) is 0. The lowest BCUT2D eigenvalue weighted by atomic mass is 9.88. The first-order valence-corrected chi connectivity index (χ1v) is 6.72. The van der Waals surface area contributed by atoms with Gasteiger partial charge in [-0.1, -0.05) is 26.2 Å². The lowest BCUT2D eigenvalue weighted by molar-refractivity contribution is 0.00958. The maximum absolute atomic E-state index is 9.35. The zero-order chi connectivity index (χ0) is 12.7. The van der Waals surface area contributed by atoms with Crippen LogP contribution in [0.15, 0.2) is 0 Å². The second-order valence-corrected chi connectivity index (χ2v) is 5.61. The van der Waals surface area contributed by atoms with Crippen LogP contribution < -0.4 is 0 Å². The molecule has 0 amide bonds. The van der Waals surface area contributed by atoms with Gasteiger partial charge in [-0.15, -0.1) is 0 Å². The molecule has 1 saturated carbocycles. The minimum atomic E-state index is -0.466. The zero-order valence-corrected chi connectivity index (χ0v) is 10.9. The maximum atomic E-state index is 9.35. The van der Waals surface area contributed by atoms with Crippen LogP contribution in [-0.4, -0.2) is 59.2 Å². The summed E-state index contributed by atoms with van der Waals surface area (Å²) in [5.41, 5.74) is -0.466. The van der Waals surface area contributed by atoms with E-state index in [4.69, 9.17) is 5.11 Å². The van der Waals surface area contributed by atoms with Gasteiger partial charge in [0.05, 0.1) is 19.8 Å². The van der Waals surface area contributed by atoms with Gasteiger partial charge in [0.2, 0.25) is 0 Å². The summed E-state index contributed by atoms with van der Waals surface area (Å²) >= 11 is 0. The molecule has 3 N–H and O–H groups in total. The summed E-state index contributed by atoms with van der Waals surface area (Å²) in [4.78, 5) is 2.24. The standard InChI is InChI=1S/C13H27NO3/c1-13(10-16,11-17)9-14(7-8-15)12-5-3-2-4-6-12/h12,15-17H,2-11H2,1H3. The molecule has 17 heavy (non-hydrogen) atoms. The van der Waals surface area contributed by atoms with E-state index in [2.05, 4.69) is 4.90 Å². The van der Waals surface area contributed by atoms with Gasteiger partial charge < -0.3 is 15.3 Å². The predicted octanol–water partition coefficient (Wildman–Crippen LogP) is 0.604. The van der Waals surface area contributed by atoms with E-state index in [-0.39, 0.29) is 19.8 Å². The molecule has 1 aliphatic rings. The summed E-state index contributed by atoms with van der Waals surface area (Å²) in [6, 6.07) is 0.508. The topological polar surface area (TPSA) is 63.9 Å². The molecule has 102 valence electrons. The van der Waals surface area contributed by atoms with E-state index in [1.807, 2.05) is 6.92 Å². The van der Waals surface area contributed by atoms with Crippen LogP contribution >= 0.6 is 0 Å². The largest absolute Gasteiger partial charge is 0.396 e. The zero-order valence-electron chi connectivity index (χ0n) is 10.9. The Hall–Kier alpha value is -0.160. The van der Waals surface area contributed by atoms with Crippen molar-refractivity contribution in [2.24, 2.45) is 5.41 Å². The molecule has 1 fully saturated rings. The van der Waals surface area contributed by atoms with E-state index in [0.717, 1.165) is 0 Å². The highest BCUT2D eigenvalue weighted by Crippen LogP contribution is 2.26. The normalized spacial score (nSPS) is 18.9. The van der Waals surface area contributed by atoms with Crippen LogP contribution in [0, 0.1) is 5.41 Å². The summed E-state index contributed by atoms with van der Waals surface area (Å²) in [5, 5.41) is 27.8. The summed E-state index contributed by atoms with van der Waals surface area (Å²) in [6.45, 7) is 3.30. The highest BCUT2D eigenvalue weighted by Gasteiger charge is 2.29. The number of nitrogens with zero attached hydrogens (tertiary/aromatic N) is 1. The van der Waals surface area contributed by atoms with E-state index >= 15 is 0 Å². The predicted molar refractivity (Wildman–Crippen MR) is 67.8 cm³/mol. The van der Waals surface area contributed by atoms with Crippen molar-refractivity contribution in [2.45, 2.75) is 45.1 Å². The molecule has 0 radical (unpaired) electrons. The SMILES string of the molecule is CC(CO)(CO)CN(CCO)C1CCCCC1. The van der Waals surface area contributed by atoms with Crippen LogP contribution in [0.5, 0.6) is 0 Å². The lowest BCUT2D eigenvalue weighted by Gasteiger charge is -2.39. The van der Waals surface area contributed by atoms with Crippen molar-refractivity contribution < 1.29 is 15.3 Å². The molecule has 0 aromatic heterocycles. The van der Waals surface area contributed by atoms with Crippen molar-refractivity contribution in [1.29, 1.82) is 0 Å². The number of rotatable bonds is 7. The van der Waals surface area contributed by atoms with Gasteiger partial charge >= 0.3 is 0 Å². The van der Waals surface area contributed by atoms with Gasteiger partial charge in [-0.3, -0.25) is 4.90 Å². The molecule has 4 heteroatoms. The maximum Gasteiger partial charge on any atom is 0.0558 e. The smallest absolute Gasteiger partial charge is 0.0558 e. The van der Waals surface area contributed by atoms with Gasteiger partial charge in [-0.05, 0) is 12.8 Å². The van der Waals surface area contributed by atoms with Crippen molar-refractivity contribution in [3.05, 3.63) is 0 Å². The molecular weight excluding hydrogens is 218 g/mol. The number of hydrogen-bond acceptors (Lipinski definition) is 4. The Kier molecular flexibility index (Phi) is 6.41. The quantitative estimate of drug-likeness (QED) is 0.615. The molecule has 1 rings (SSSR count). The van der Waals surface area contributed by atoms with Gasteiger partial charge in [0.1, 0.15) is 0 Å².